The number of anilines is 2. The Bertz CT molecular complexity index is 1980. The molecule has 12 nitrogen and oxygen atoms in total. The molecule has 0 radical (unpaired) electrons. The van der Waals surface area contributed by atoms with Crippen molar-refractivity contribution in [3.8, 4) is 5.88 Å². The second kappa shape index (κ2) is 16.1. The SMILES string of the molecule is Nc1nc(NC2CCN(S(=O)(=O)c3ccc(OCc4cccnc4)nc3)CC2)sc1C(=O)c1c(F)cccc1F.O=C(C(=O)C(F)(F)F)C(F)(F)F. The maximum absolute atomic E-state index is 14.1. The summed E-state index contributed by atoms with van der Waals surface area (Å²) in [6.07, 6.45) is -6.01. The fourth-order valence-electron chi connectivity index (χ4n) is 4.45. The highest BCUT2D eigenvalue weighted by Crippen LogP contribution is 2.31. The smallest absolute Gasteiger partial charge is 0.458 e. The molecule has 0 amide bonds. The first kappa shape index (κ1) is 39.7. The average Bonchev–Trinajstić information content (AvgIpc) is 3.46. The summed E-state index contributed by atoms with van der Waals surface area (Å²) in [7, 11) is -3.77. The minimum atomic E-state index is -5.77. The van der Waals surface area contributed by atoms with E-state index in [1.54, 1.807) is 18.5 Å². The van der Waals surface area contributed by atoms with Crippen LogP contribution in [-0.4, -0.2) is 76.5 Å². The fourth-order valence-corrected chi connectivity index (χ4v) is 6.78. The maximum Gasteiger partial charge on any atom is 0.458 e. The number of alkyl halides is 6. The minimum absolute atomic E-state index is 0.0591. The molecule has 1 aliphatic heterocycles. The number of hydrogen-bond donors (Lipinski definition) is 2. The molecule has 0 saturated carbocycles. The van der Waals surface area contributed by atoms with E-state index in [2.05, 4.69) is 20.3 Å². The lowest BCUT2D eigenvalue weighted by Crippen LogP contribution is -2.42. The van der Waals surface area contributed by atoms with E-state index in [4.69, 9.17) is 10.5 Å². The molecule has 22 heteroatoms. The van der Waals surface area contributed by atoms with Crippen LogP contribution < -0.4 is 15.8 Å². The van der Waals surface area contributed by atoms with Crippen LogP contribution in [-0.2, 0) is 26.2 Å². The average molecular weight is 781 g/mol. The lowest BCUT2D eigenvalue weighted by molar-refractivity contribution is -0.193. The van der Waals surface area contributed by atoms with Gasteiger partial charge in [-0.05, 0) is 37.1 Å². The second-order valence-electron chi connectivity index (χ2n) is 10.6. The Hall–Kier alpha value is -5.09. The van der Waals surface area contributed by atoms with E-state index >= 15 is 0 Å². The van der Waals surface area contributed by atoms with Crippen LogP contribution in [0.2, 0.25) is 0 Å². The molecule has 3 aromatic heterocycles. The van der Waals surface area contributed by atoms with E-state index in [1.165, 1.54) is 28.7 Å². The Kier molecular flexibility index (Phi) is 12.3. The standard InChI is InChI=1S/C26H24F2N6O4S2.C4F6O2/c27-19-4-1-5-20(28)22(19)23(35)24-25(29)33-26(39-24)32-17-8-11-34(12-9-17)40(36,37)18-6-7-21(31-14-18)38-15-16-3-2-10-30-13-16;5-3(6,7)1(11)2(12)4(8,9)10/h1-7,10,13-14,17H,8-9,11-12,15,29H2,(H,32,33);. The number of ether oxygens (including phenoxy) is 1. The Labute approximate surface area is 292 Å². The molecule has 1 saturated heterocycles. The van der Waals surface area contributed by atoms with Crippen molar-refractivity contribution in [3.63, 3.8) is 0 Å². The highest BCUT2D eigenvalue weighted by Gasteiger charge is 2.54. The van der Waals surface area contributed by atoms with Gasteiger partial charge in [-0.2, -0.15) is 30.6 Å². The zero-order chi connectivity index (χ0) is 38.4. The number of carbonyl (C=O) groups excluding carboxylic acids is 3. The van der Waals surface area contributed by atoms with E-state index < -0.39 is 56.9 Å². The van der Waals surface area contributed by atoms with Gasteiger partial charge in [0, 0.05) is 43.2 Å². The van der Waals surface area contributed by atoms with Gasteiger partial charge in [0.15, 0.2) is 5.13 Å². The number of carbonyl (C=O) groups is 3. The topological polar surface area (TPSA) is 175 Å². The van der Waals surface area contributed by atoms with Crippen LogP contribution in [0.4, 0.5) is 46.1 Å². The van der Waals surface area contributed by atoms with Gasteiger partial charge in [0.25, 0.3) is 0 Å². The van der Waals surface area contributed by atoms with Crippen molar-refractivity contribution in [1.29, 1.82) is 0 Å². The van der Waals surface area contributed by atoms with Gasteiger partial charge in [-0.25, -0.2) is 27.2 Å². The number of Topliss-reactive ketones (excluding diaryl/α,β-unsaturated/α-hetero) is 2. The van der Waals surface area contributed by atoms with Crippen LogP contribution in [0.3, 0.4) is 0 Å². The van der Waals surface area contributed by atoms with E-state index in [9.17, 15) is 57.9 Å². The predicted molar refractivity (Wildman–Crippen MR) is 167 cm³/mol. The van der Waals surface area contributed by atoms with Crippen LogP contribution in [0.5, 0.6) is 5.88 Å². The Morgan fingerprint density at radius 2 is 1.54 bits per heavy atom. The minimum Gasteiger partial charge on any atom is -0.473 e. The molecule has 4 aromatic rings. The molecule has 3 N–H and O–H groups in total. The van der Waals surface area contributed by atoms with Gasteiger partial charge in [0.05, 0.1) is 11.8 Å². The number of nitrogens with two attached hydrogens (primary N) is 1. The molecule has 0 unspecified atom stereocenters. The van der Waals surface area contributed by atoms with E-state index in [-0.39, 0.29) is 41.3 Å². The Balaban J connectivity index is 0.000000434. The Morgan fingerprint density at radius 3 is 2.06 bits per heavy atom. The number of piperidine rings is 1. The van der Waals surface area contributed by atoms with Gasteiger partial charge in [-0.1, -0.05) is 23.5 Å². The number of nitrogen functional groups attached to an aromatic ring is 1. The molecule has 1 fully saturated rings. The van der Waals surface area contributed by atoms with Crippen molar-refractivity contribution in [3.05, 3.63) is 88.7 Å². The van der Waals surface area contributed by atoms with Crippen molar-refractivity contribution in [2.45, 2.75) is 42.7 Å². The number of nitrogens with zero attached hydrogens (tertiary/aromatic N) is 4. The van der Waals surface area contributed by atoms with Gasteiger partial charge >= 0.3 is 23.9 Å². The third kappa shape index (κ3) is 9.82. The number of pyridine rings is 2. The predicted octanol–water partition coefficient (Wildman–Crippen LogP) is 5.12. The molecule has 5 rings (SSSR count). The quantitative estimate of drug-likeness (QED) is 0.124. The zero-order valence-electron chi connectivity index (χ0n) is 26.0. The number of aromatic nitrogens is 3. The summed E-state index contributed by atoms with van der Waals surface area (Å²) in [5.41, 5.74) is 6.05. The number of ketones is 3. The molecule has 0 spiro atoms. The van der Waals surface area contributed by atoms with Crippen LogP contribution >= 0.6 is 11.3 Å². The number of halogens is 8. The summed E-state index contributed by atoms with van der Waals surface area (Å²) in [5, 5.41) is 3.47. The first-order valence-electron chi connectivity index (χ1n) is 14.5. The summed E-state index contributed by atoms with van der Waals surface area (Å²) >= 11 is 0.895. The van der Waals surface area contributed by atoms with Gasteiger partial charge in [-0.3, -0.25) is 19.4 Å². The largest absolute Gasteiger partial charge is 0.473 e. The molecular formula is C30H24F8N6O6S2. The summed E-state index contributed by atoms with van der Waals surface area (Å²) in [6.45, 7) is 0.743. The highest BCUT2D eigenvalue weighted by molar-refractivity contribution is 7.89. The van der Waals surface area contributed by atoms with E-state index in [0.717, 1.165) is 29.0 Å². The van der Waals surface area contributed by atoms with Crippen molar-refractivity contribution >= 4 is 49.7 Å². The van der Waals surface area contributed by atoms with Gasteiger partial charge < -0.3 is 15.8 Å². The lowest BCUT2D eigenvalue weighted by atomic mass is 10.1. The van der Waals surface area contributed by atoms with Crippen LogP contribution in [0, 0.1) is 11.6 Å². The molecule has 1 aromatic carbocycles. The maximum atomic E-state index is 14.1. The van der Waals surface area contributed by atoms with Gasteiger partial charge in [0.1, 0.15) is 33.8 Å². The zero-order valence-corrected chi connectivity index (χ0v) is 27.7. The van der Waals surface area contributed by atoms with Crippen molar-refractivity contribution in [2.75, 3.05) is 24.1 Å². The monoisotopic (exact) mass is 780 g/mol. The van der Waals surface area contributed by atoms with Crippen molar-refractivity contribution in [2.24, 2.45) is 0 Å². The third-order valence-electron chi connectivity index (χ3n) is 7.01. The Morgan fingerprint density at radius 1 is 0.923 bits per heavy atom. The normalized spacial score (nSPS) is 14.2. The van der Waals surface area contributed by atoms with Gasteiger partial charge in [-0.15, -0.1) is 0 Å². The number of nitrogens with one attached hydrogen (secondary N) is 1. The van der Waals surface area contributed by atoms with Crippen LogP contribution in [0.15, 0.2) is 66.0 Å². The number of rotatable bonds is 10. The first-order valence-corrected chi connectivity index (χ1v) is 16.8. The third-order valence-corrected chi connectivity index (χ3v) is 9.89. The van der Waals surface area contributed by atoms with Crippen molar-refractivity contribution in [1.82, 2.24) is 19.3 Å². The van der Waals surface area contributed by atoms with E-state index in [0.29, 0.717) is 23.9 Å². The van der Waals surface area contributed by atoms with E-state index in [1.807, 2.05) is 6.07 Å². The molecular weight excluding hydrogens is 756 g/mol. The molecule has 0 aliphatic carbocycles. The molecule has 52 heavy (non-hydrogen) atoms. The number of benzene rings is 1. The summed E-state index contributed by atoms with van der Waals surface area (Å²) in [6, 6.07) is 9.64. The molecule has 4 heterocycles. The van der Waals surface area contributed by atoms with Gasteiger partial charge in [0.2, 0.25) is 21.7 Å². The number of hydrogen-bond acceptors (Lipinski definition) is 12. The highest BCUT2D eigenvalue weighted by atomic mass is 32.2. The van der Waals surface area contributed by atoms with Crippen LogP contribution in [0.1, 0.15) is 33.6 Å². The molecule has 278 valence electrons. The lowest BCUT2D eigenvalue weighted by Gasteiger charge is -2.31. The second-order valence-corrected chi connectivity index (χ2v) is 13.6. The van der Waals surface area contributed by atoms with Crippen LogP contribution in [0.25, 0.3) is 0 Å². The molecule has 1 aliphatic rings. The first-order chi connectivity index (χ1) is 24.3. The number of thiazole rings is 1. The summed E-state index contributed by atoms with van der Waals surface area (Å²) < 4.78 is 128. The fraction of sp³-hybridized carbons (Fsp3) is 0.267. The molecule has 0 bridgehead atoms. The van der Waals surface area contributed by atoms with Crippen molar-refractivity contribution < 1.29 is 62.7 Å². The molecule has 0 atom stereocenters. The summed E-state index contributed by atoms with van der Waals surface area (Å²) in [4.78, 5) is 44.2. The summed E-state index contributed by atoms with van der Waals surface area (Å²) in [5.74, 6) is -9.51. The number of sulfonamides is 1.